The number of aliphatic imine (C=N–C) groups is 1. The Balaban J connectivity index is 0.00000261. The molecule has 0 radical (unpaired) electrons. The quantitative estimate of drug-likeness (QED) is 0.348. The number of guanidine groups is 1. The molecule has 158 valence electrons. The zero-order valence-electron chi connectivity index (χ0n) is 17.2. The fourth-order valence-electron chi connectivity index (χ4n) is 4.40. The molecule has 3 aliphatic heterocycles. The average Bonchev–Trinajstić information content (AvgIpc) is 3.16. The molecule has 0 aliphatic carbocycles. The number of hydrogen-bond donors (Lipinski definition) is 1. The minimum absolute atomic E-state index is 0. The van der Waals surface area contributed by atoms with Crippen LogP contribution in [-0.4, -0.2) is 112 Å². The fraction of sp³-hybridized carbons (Fsp3) is 0.947. The van der Waals surface area contributed by atoms with Gasteiger partial charge in [0.1, 0.15) is 0 Å². The van der Waals surface area contributed by atoms with Gasteiger partial charge in [0.05, 0.1) is 26.4 Å². The van der Waals surface area contributed by atoms with Gasteiger partial charge in [0.2, 0.25) is 0 Å². The molecule has 2 unspecified atom stereocenters. The molecule has 0 amide bonds. The lowest BCUT2D eigenvalue weighted by atomic mass is 10.0. The van der Waals surface area contributed by atoms with Gasteiger partial charge in [-0.05, 0) is 12.3 Å². The Kier molecular flexibility index (Phi) is 10.1. The zero-order chi connectivity index (χ0) is 18.4. The van der Waals surface area contributed by atoms with Crippen LogP contribution in [0.2, 0.25) is 0 Å². The van der Waals surface area contributed by atoms with E-state index in [0.717, 1.165) is 78.2 Å². The Hall–Kier alpha value is -0.160. The van der Waals surface area contributed by atoms with Gasteiger partial charge in [-0.1, -0.05) is 13.8 Å². The summed E-state index contributed by atoms with van der Waals surface area (Å²) in [5.41, 5.74) is 0. The minimum Gasteiger partial charge on any atom is -0.379 e. The monoisotopic (exact) mass is 495 g/mol. The summed E-state index contributed by atoms with van der Waals surface area (Å²) in [6.45, 7) is 15.4. The summed E-state index contributed by atoms with van der Waals surface area (Å²) in [7, 11) is 1.91. The SMILES string of the molecule is CN=C(NCC(C(C)C)N1CCOCC1)N1CCC(N2CCOCC2)C1.I. The first-order valence-corrected chi connectivity index (χ1v) is 10.3. The van der Waals surface area contributed by atoms with E-state index >= 15 is 0 Å². The molecule has 0 bridgehead atoms. The van der Waals surface area contributed by atoms with E-state index in [1.807, 2.05) is 7.05 Å². The molecule has 0 saturated carbocycles. The van der Waals surface area contributed by atoms with E-state index in [1.165, 1.54) is 6.42 Å². The highest BCUT2D eigenvalue weighted by atomic mass is 127. The van der Waals surface area contributed by atoms with Crippen LogP contribution in [0.4, 0.5) is 0 Å². The third-order valence-corrected chi connectivity index (χ3v) is 5.99. The van der Waals surface area contributed by atoms with Gasteiger partial charge in [-0.2, -0.15) is 0 Å². The Bertz CT molecular complexity index is 453. The lowest BCUT2D eigenvalue weighted by molar-refractivity contribution is 0.00738. The van der Waals surface area contributed by atoms with Gasteiger partial charge in [0, 0.05) is 64.9 Å². The molecule has 0 aromatic rings. The van der Waals surface area contributed by atoms with E-state index in [1.54, 1.807) is 0 Å². The predicted octanol–water partition coefficient (Wildman–Crippen LogP) is 0.943. The van der Waals surface area contributed by atoms with Crippen LogP contribution >= 0.6 is 24.0 Å². The molecule has 2 atom stereocenters. The van der Waals surface area contributed by atoms with Crippen LogP contribution < -0.4 is 5.32 Å². The Morgan fingerprint density at radius 2 is 1.67 bits per heavy atom. The molecule has 3 saturated heterocycles. The van der Waals surface area contributed by atoms with Gasteiger partial charge in [-0.3, -0.25) is 14.8 Å². The molecule has 3 aliphatic rings. The first-order chi connectivity index (χ1) is 12.7. The van der Waals surface area contributed by atoms with E-state index in [0.29, 0.717) is 18.0 Å². The Morgan fingerprint density at radius 3 is 2.26 bits per heavy atom. The van der Waals surface area contributed by atoms with Crippen LogP contribution in [0.15, 0.2) is 4.99 Å². The minimum atomic E-state index is 0. The number of morpholine rings is 2. The van der Waals surface area contributed by atoms with Crippen molar-refractivity contribution >= 4 is 29.9 Å². The molecule has 0 aromatic carbocycles. The normalized spacial score (nSPS) is 26.9. The number of likely N-dealkylation sites (tertiary alicyclic amines) is 1. The summed E-state index contributed by atoms with van der Waals surface area (Å²) >= 11 is 0. The van der Waals surface area contributed by atoms with Crippen LogP contribution in [0.25, 0.3) is 0 Å². The van der Waals surface area contributed by atoms with E-state index in [9.17, 15) is 0 Å². The molecule has 7 nitrogen and oxygen atoms in total. The zero-order valence-corrected chi connectivity index (χ0v) is 19.6. The summed E-state index contributed by atoms with van der Waals surface area (Å²) in [5, 5.41) is 3.66. The van der Waals surface area contributed by atoms with Gasteiger partial charge in [-0.15, -0.1) is 24.0 Å². The maximum absolute atomic E-state index is 5.52. The molecule has 3 fully saturated rings. The van der Waals surface area contributed by atoms with Crippen LogP contribution in [0.5, 0.6) is 0 Å². The second-order valence-corrected chi connectivity index (χ2v) is 7.92. The van der Waals surface area contributed by atoms with Crippen molar-refractivity contribution in [2.45, 2.75) is 32.4 Å². The van der Waals surface area contributed by atoms with Crippen molar-refractivity contribution in [3.8, 4) is 0 Å². The van der Waals surface area contributed by atoms with Crippen molar-refractivity contribution in [1.82, 2.24) is 20.0 Å². The Morgan fingerprint density at radius 1 is 1.04 bits per heavy atom. The van der Waals surface area contributed by atoms with Crippen LogP contribution in [-0.2, 0) is 9.47 Å². The summed E-state index contributed by atoms with van der Waals surface area (Å²) in [6, 6.07) is 1.16. The maximum atomic E-state index is 5.52. The first kappa shape index (κ1) is 23.1. The summed E-state index contributed by atoms with van der Waals surface area (Å²) in [4.78, 5) is 12.1. The molecular formula is C19H38IN5O2. The van der Waals surface area contributed by atoms with Gasteiger partial charge >= 0.3 is 0 Å². The first-order valence-electron chi connectivity index (χ1n) is 10.3. The van der Waals surface area contributed by atoms with Crippen molar-refractivity contribution < 1.29 is 9.47 Å². The predicted molar refractivity (Wildman–Crippen MR) is 120 cm³/mol. The number of halogens is 1. The molecular weight excluding hydrogens is 457 g/mol. The lowest BCUT2D eigenvalue weighted by Gasteiger charge is -2.37. The number of rotatable bonds is 5. The highest BCUT2D eigenvalue weighted by Crippen LogP contribution is 2.17. The maximum Gasteiger partial charge on any atom is 0.193 e. The van der Waals surface area contributed by atoms with Crippen LogP contribution in [0.3, 0.4) is 0 Å². The number of hydrogen-bond acceptors (Lipinski definition) is 5. The van der Waals surface area contributed by atoms with Crippen molar-refractivity contribution in [2.75, 3.05) is 79.3 Å². The smallest absolute Gasteiger partial charge is 0.193 e. The summed E-state index contributed by atoms with van der Waals surface area (Å²) < 4.78 is 11.0. The van der Waals surface area contributed by atoms with Crippen molar-refractivity contribution in [3.63, 3.8) is 0 Å². The summed E-state index contributed by atoms with van der Waals surface area (Å²) in [5.74, 6) is 1.66. The second kappa shape index (κ2) is 11.7. The molecule has 3 heterocycles. The number of ether oxygens (including phenoxy) is 2. The Labute approximate surface area is 181 Å². The van der Waals surface area contributed by atoms with Crippen molar-refractivity contribution in [2.24, 2.45) is 10.9 Å². The molecule has 3 rings (SSSR count). The molecule has 0 aromatic heterocycles. The second-order valence-electron chi connectivity index (χ2n) is 7.92. The van der Waals surface area contributed by atoms with Crippen LogP contribution in [0, 0.1) is 5.92 Å². The molecule has 1 N–H and O–H groups in total. The average molecular weight is 495 g/mol. The van der Waals surface area contributed by atoms with E-state index in [-0.39, 0.29) is 24.0 Å². The van der Waals surface area contributed by atoms with Gasteiger partial charge < -0.3 is 19.7 Å². The fourth-order valence-corrected chi connectivity index (χ4v) is 4.40. The largest absolute Gasteiger partial charge is 0.379 e. The number of nitrogens with zero attached hydrogens (tertiary/aromatic N) is 4. The van der Waals surface area contributed by atoms with Crippen molar-refractivity contribution in [1.29, 1.82) is 0 Å². The highest BCUT2D eigenvalue weighted by Gasteiger charge is 2.31. The van der Waals surface area contributed by atoms with E-state index < -0.39 is 0 Å². The van der Waals surface area contributed by atoms with Gasteiger partial charge in [0.25, 0.3) is 0 Å². The highest BCUT2D eigenvalue weighted by molar-refractivity contribution is 14.0. The van der Waals surface area contributed by atoms with Crippen molar-refractivity contribution in [3.05, 3.63) is 0 Å². The van der Waals surface area contributed by atoms with E-state index in [4.69, 9.17) is 9.47 Å². The number of nitrogens with one attached hydrogen (secondary N) is 1. The summed E-state index contributed by atoms with van der Waals surface area (Å²) in [6.07, 6.45) is 1.22. The van der Waals surface area contributed by atoms with Crippen LogP contribution in [0.1, 0.15) is 20.3 Å². The van der Waals surface area contributed by atoms with E-state index in [2.05, 4.69) is 38.9 Å². The van der Waals surface area contributed by atoms with Gasteiger partial charge in [0.15, 0.2) is 5.96 Å². The van der Waals surface area contributed by atoms with Gasteiger partial charge in [-0.25, -0.2) is 0 Å². The molecule has 27 heavy (non-hydrogen) atoms. The molecule has 8 heteroatoms. The third-order valence-electron chi connectivity index (χ3n) is 5.99. The lowest BCUT2D eigenvalue weighted by Crippen LogP contribution is -2.53. The topological polar surface area (TPSA) is 52.6 Å². The standard InChI is InChI=1S/C19H37N5O2.HI/c1-16(2)18(23-8-12-26-13-9-23)14-21-19(20-3)24-5-4-17(15-24)22-6-10-25-11-7-22;/h16-18H,4-15H2,1-3H3,(H,20,21);1H. The molecule has 0 spiro atoms. The third kappa shape index (κ3) is 6.42.